The van der Waals surface area contributed by atoms with Crippen LogP contribution in [-0.4, -0.2) is 6.54 Å². The first-order chi connectivity index (χ1) is 17.6. The molecule has 0 spiro atoms. The molecule has 0 aliphatic carbocycles. The number of rotatable bonds is 7. The molecule has 0 aromatic heterocycles. The molecule has 0 bridgehead atoms. The van der Waals surface area contributed by atoms with E-state index in [1.807, 2.05) is 11.8 Å². The van der Waals surface area contributed by atoms with E-state index in [1.165, 1.54) is 53.5 Å². The average Bonchev–Trinajstić information content (AvgIpc) is 3.26. The maximum absolute atomic E-state index is 4.39. The van der Waals surface area contributed by atoms with Gasteiger partial charge in [-0.1, -0.05) is 104 Å². The first kappa shape index (κ1) is 24.5. The van der Waals surface area contributed by atoms with Crippen LogP contribution in [0.25, 0.3) is 21.9 Å². The van der Waals surface area contributed by atoms with E-state index in [0.717, 1.165) is 17.9 Å². The van der Waals surface area contributed by atoms with Crippen molar-refractivity contribution in [3.63, 3.8) is 0 Å². The Bertz CT molecular complexity index is 1480. The SMILES string of the molecule is C=C(/C=C(\C=C1/Sc2ccc(-c3ccccc3)cc2N1CC)CC)Sc1ccc2ccccc2c1C. The maximum Gasteiger partial charge on any atom is 0.0804 e. The second-order valence-corrected chi connectivity index (χ2v) is 11.2. The van der Waals surface area contributed by atoms with Gasteiger partial charge in [0.15, 0.2) is 0 Å². The fourth-order valence-electron chi connectivity index (χ4n) is 4.64. The molecule has 0 unspecified atom stereocenters. The number of benzene rings is 4. The summed E-state index contributed by atoms with van der Waals surface area (Å²) in [6, 6.07) is 30.5. The fourth-order valence-corrected chi connectivity index (χ4v) is 6.72. The monoisotopic (exact) mass is 505 g/mol. The lowest BCUT2D eigenvalue weighted by molar-refractivity contribution is 0.997. The molecule has 1 aliphatic heterocycles. The highest BCUT2D eigenvalue weighted by Gasteiger charge is 2.24. The molecule has 0 amide bonds. The van der Waals surface area contributed by atoms with E-state index < -0.39 is 0 Å². The summed E-state index contributed by atoms with van der Waals surface area (Å²) < 4.78 is 0. The van der Waals surface area contributed by atoms with Crippen molar-refractivity contribution in [1.29, 1.82) is 0 Å². The van der Waals surface area contributed by atoms with Gasteiger partial charge < -0.3 is 4.90 Å². The van der Waals surface area contributed by atoms with Crippen LogP contribution in [0.3, 0.4) is 0 Å². The van der Waals surface area contributed by atoms with Gasteiger partial charge in [-0.2, -0.15) is 0 Å². The van der Waals surface area contributed by atoms with E-state index in [1.54, 1.807) is 11.8 Å². The van der Waals surface area contributed by atoms with Gasteiger partial charge in [0.05, 0.1) is 10.7 Å². The largest absolute Gasteiger partial charge is 0.335 e. The molecule has 0 radical (unpaired) electrons. The van der Waals surface area contributed by atoms with E-state index >= 15 is 0 Å². The van der Waals surface area contributed by atoms with Gasteiger partial charge in [-0.3, -0.25) is 0 Å². The van der Waals surface area contributed by atoms with Gasteiger partial charge in [-0.15, -0.1) is 0 Å². The molecule has 4 aromatic rings. The van der Waals surface area contributed by atoms with Gasteiger partial charge in [0.25, 0.3) is 0 Å². The molecule has 0 N–H and O–H groups in total. The summed E-state index contributed by atoms with van der Waals surface area (Å²) in [4.78, 5) is 6.08. The second-order valence-electron chi connectivity index (χ2n) is 8.93. The highest BCUT2D eigenvalue weighted by Crippen LogP contribution is 2.48. The molecule has 0 saturated carbocycles. The maximum atomic E-state index is 4.39. The van der Waals surface area contributed by atoms with Crippen molar-refractivity contribution < 1.29 is 0 Å². The van der Waals surface area contributed by atoms with Gasteiger partial charge in [0.2, 0.25) is 0 Å². The van der Waals surface area contributed by atoms with Crippen molar-refractivity contribution in [1.82, 2.24) is 0 Å². The molecular weight excluding hydrogens is 475 g/mol. The Hall–Kier alpha value is -3.14. The van der Waals surface area contributed by atoms with Crippen LogP contribution >= 0.6 is 23.5 Å². The molecule has 36 heavy (non-hydrogen) atoms. The zero-order valence-corrected chi connectivity index (χ0v) is 22.8. The first-order valence-electron chi connectivity index (χ1n) is 12.5. The van der Waals surface area contributed by atoms with Gasteiger partial charge >= 0.3 is 0 Å². The van der Waals surface area contributed by atoms with E-state index in [9.17, 15) is 0 Å². The van der Waals surface area contributed by atoms with E-state index in [-0.39, 0.29) is 0 Å². The molecule has 0 fully saturated rings. The normalized spacial score (nSPS) is 14.5. The average molecular weight is 506 g/mol. The van der Waals surface area contributed by atoms with Crippen molar-refractivity contribution in [2.24, 2.45) is 0 Å². The third kappa shape index (κ3) is 5.04. The van der Waals surface area contributed by atoms with Crippen LogP contribution in [0.15, 0.2) is 129 Å². The summed E-state index contributed by atoms with van der Waals surface area (Å²) in [5.41, 5.74) is 6.42. The summed E-state index contributed by atoms with van der Waals surface area (Å²) in [6.45, 7) is 12.0. The van der Waals surface area contributed by atoms with Gasteiger partial charge in [-0.25, -0.2) is 0 Å². The molecule has 5 rings (SSSR count). The molecular formula is C33H31NS2. The Morgan fingerprint density at radius 2 is 1.69 bits per heavy atom. The number of aryl methyl sites for hydroxylation is 1. The Balaban J connectivity index is 1.39. The first-order valence-corrected chi connectivity index (χ1v) is 14.1. The van der Waals surface area contributed by atoms with Crippen LogP contribution in [0.4, 0.5) is 5.69 Å². The van der Waals surface area contributed by atoms with E-state index in [4.69, 9.17) is 0 Å². The topological polar surface area (TPSA) is 3.24 Å². The minimum absolute atomic E-state index is 0.938. The lowest BCUT2D eigenvalue weighted by Crippen LogP contribution is -2.16. The van der Waals surface area contributed by atoms with Crippen molar-refractivity contribution >= 4 is 40.0 Å². The number of anilines is 1. The zero-order chi connectivity index (χ0) is 25.1. The van der Waals surface area contributed by atoms with E-state index in [2.05, 4.69) is 129 Å². The summed E-state index contributed by atoms with van der Waals surface area (Å²) in [5, 5.41) is 3.88. The number of fused-ring (bicyclic) bond motifs is 2. The van der Waals surface area contributed by atoms with Crippen molar-refractivity contribution in [3.05, 3.63) is 125 Å². The molecule has 4 aromatic carbocycles. The molecule has 0 saturated heterocycles. The molecule has 3 heteroatoms. The van der Waals surface area contributed by atoms with Crippen molar-refractivity contribution in [3.8, 4) is 11.1 Å². The van der Waals surface area contributed by atoms with Crippen LogP contribution < -0.4 is 4.90 Å². The number of thioether (sulfide) groups is 2. The molecule has 1 aliphatic rings. The summed E-state index contributed by atoms with van der Waals surface area (Å²) in [7, 11) is 0. The van der Waals surface area contributed by atoms with Crippen molar-refractivity contribution in [2.75, 3.05) is 11.4 Å². The van der Waals surface area contributed by atoms with Crippen LogP contribution in [0.5, 0.6) is 0 Å². The highest BCUT2D eigenvalue weighted by atomic mass is 32.2. The number of allylic oxidation sites excluding steroid dienone is 3. The Kier molecular flexibility index (Phi) is 7.41. The smallest absolute Gasteiger partial charge is 0.0804 e. The predicted octanol–water partition coefficient (Wildman–Crippen LogP) is 10.2. The third-order valence-electron chi connectivity index (χ3n) is 6.61. The molecule has 0 atom stereocenters. The minimum atomic E-state index is 0.938. The second kappa shape index (κ2) is 10.9. The highest BCUT2D eigenvalue weighted by molar-refractivity contribution is 8.03. The lowest BCUT2D eigenvalue weighted by atomic mass is 10.0. The Morgan fingerprint density at radius 1 is 0.917 bits per heavy atom. The predicted molar refractivity (Wildman–Crippen MR) is 161 cm³/mol. The number of nitrogens with zero attached hydrogens (tertiary/aromatic N) is 1. The summed E-state index contributed by atoms with van der Waals surface area (Å²) in [6.07, 6.45) is 5.55. The zero-order valence-electron chi connectivity index (χ0n) is 21.1. The standard InChI is InChI=1S/C33H31NS2/c1-5-25(20-23(3)35-31-18-16-27-14-10-11-15-29(27)24(31)4)21-33-34(6-2)30-22-28(17-19-32(30)36-33)26-12-8-7-9-13-26/h7-22H,3,5-6H2,1-2,4H3/b25-20-,33-21-. The van der Waals surface area contributed by atoms with Crippen LogP contribution in [0, 0.1) is 6.92 Å². The van der Waals surface area contributed by atoms with Gasteiger partial charge in [-0.05, 0) is 83.7 Å². The van der Waals surface area contributed by atoms with Crippen molar-refractivity contribution in [2.45, 2.75) is 37.0 Å². The fraction of sp³-hybridized carbons (Fsp3) is 0.152. The van der Waals surface area contributed by atoms with E-state index in [0.29, 0.717) is 0 Å². The summed E-state index contributed by atoms with van der Waals surface area (Å²) in [5.74, 6) is 0. The summed E-state index contributed by atoms with van der Waals surface area (Å²) >= 11 is 3.62. The van der Waals surface area contributed by atoms with Crippen LogP contribution in [-0.2, 0) is 0 Å². The van der Waals surface area contributed by atoms with Crippen LogP contribution in [0.1, 0.15) is 25.8 Å². The van der Waals surface area contributed by atoms with Gasteiger partial charge in [0.1, 0.15) is 0 Å². The molecule has 180 valence electrons. The minimum Gasteiger partial charge on any atom is -0.335 e. The Morgan fingerprint density at radius 3 is 2.47 bits per heavy atom. The lowest BCUT2D eigenvalue weighted by Gasteiger charge is -2.19. The Labute approximate surface area is 223 Å². The third-order valence-corrected chi connectivity index (χ3v) is 8.76. The quantitative estimate of drug-likeness (QED) is 0.182. The number of hydrogen-bond donors (Lipinski definition) is 0. The van der Waals surface area contributed by atoms with Crippen LogP contribution in [0.2, 0.25) is 0 Å². The molecule has 1 nitrogen and oxygen atoms in total. The molecule has 1 heterocycles. The van der Waals surface area contributed by atoms with Gasteiger partial charge in [0, 0.05) is 21.2 Å². The number of hydrogen-bond acceptors (Lipinski definition) is 3.